The number of piperidine rings is 1. The Morgan fingerprint density at radius 3 is 2.47 bits per heavy atom. The van der Waals surface area contributed by atoms with Gasteiger partial charge in [-0.05, 0) is 49.4 Å². The Morgan fingerprint density at radius 2 is 1.89 bits per heavy atom. The van der Waals surface area contributed by atoms with Gasteiger partial charge in [0.05, 0.1) is 11.8 Å². The molecule has 1 aromatic carbocycles. The molecule has 9 nitrogen and oxygen atoms in total. The number of hydrogen-bond acceptors (Lipinski definition) is 5. The molecule has 0 radical (unpaired) electrons. The molecule has 2 aliphatic rings. The molecule has 1 aliphatic heterocycles. The van der Waals surface area contributed by atoms with Crippen LogP contribution in [-0.2, 0) is 26.4 Å². The second-order valence-electron chi connectivity index (χ2n) is 9.37. The van der Waals surface area contributed by atoms with E-state index in [2.05, 4.69) is 15.0 Å². The topological polar surface area (TPSA) is 120 Å². The summed E-state index contributed by atoms with van der Waals surface area (Å²) in [6, 6.07) is 2.32. The van der Waals surface area contributed by atoms with Crippen molar-refractivity contribution in [1.29, 1.82) is 0 Å². The summed E-state index contributed by atoms with van der Waals surface area (Å²) in [5.74, 6) is -3.30. The number of urea groups is 1. The summed E-state index contributed by atoms with van der Waals surface area (Å²) in [6.45, 7) is 0.299. The molecule has 1 aliphatic carbocycles. The van der Waals surface area contributed by atoms with E-state index < -0.39 is 62.6 Å². The Bertz CT molecular complexity index is 1360. The lowest BCUT2D eigenvalue weighted by molar-refractivity contribution is -0.138. The number of nitrogens with zero attached hydrogens (tertiary/aromatic N) is 2. The van der Waals surface area contributed by atoms with Gasteiger partial charge in [0, 0.05) is 30.4 Å². The minimum atomic E-state index is -4.81. The molecule has 2 fully saturated rings. The van der Waals surface area contributed by atoms with Gasteiger partial charge in [-0.15, -0.1) is 0 Å². The lowest BCUT2D eigenvalue weighted by Gasteiger charge is -2.33. The first-order valence-corrected chi connectivity index (χ1v) is 13.4. The summed E-state index contributed by atoms with van der Waals surface area (Å²) in [4.78, 5) is 29.9. The largest absolute Gasteiger partial charge is 0.417 e. The van der Waals surface area contributed by atoms with E-state index in [-0.39, 0.29) is 31.3 Å². The molecular formula is C23H24F5N5O4S. The van der Waals surface area contributed by atoms with E-state index in [0.29, 0.717) is 31.0 Å². The van der Waals surface area contributed by atoms with Crippen LogP contribution in [0.2, 0.25) is 0 Å². The number of anilines is 2. The molecule has 2 heterocycles. The van der Waals surface area contributed by atoms with Crippen LogP contribution in [0.25, 0.3) is 0 Å². The standard InChI is InChI=1S/C23H24F5N5O4S/c1-38(36,37)30-12-22(6-7-22)15-5-4-14(10-16(15)24)33-8-2-3-18(20(33)34)31-21(35)32-19-17(25)9-13(11-29-19)23(26,27)28/h4-5,9-11,18,30H,2-3,6-8,12H2,1H3,(H2,29,31,32,35)/t18-/m1/s1. The number of alkyl halides is 3. The Balaban J connectivity index is 1.42. The van der Waals surface area contributed by atoms with Crippen LogP contribution >= 0.6 is 0 Å². The summed E-state index contributed by atoms with van der Waals surface area (Å²) in [5.41, 5.74) is -1.40. The van der Waals surface area contributed by atoms with Crippen LogP contribution in [0.1, 0.15) is 36.8 Å². The van der Waals surface area contributed by atoms with Gasteiger partial charge in [0.25, 0.3) is 0 Å². The highest BCUT2D eigenvalue weighted by molar-refractivity contribution is 7.88. The first-order chi connectivity index (χ1) is 17.7. The summed E-state index contributed by atoms with van der Waals surface area (Å²) in [6.07, 6.45) is -1.55. The number of aromatic nitrogens is 1. The Morgan fingerprint density at radius 1 is 1.18 bits per heavy atom. The van der Waals surface area contributed by atoms with Gasteiger partial charge >= 0.3 is 12.2 Å². The number of nitrogens with one attached hydrogen (secondary N) is 3. The van der Waals surface area contributed by atoms with Crippen LogP contribution in [0.4, 0.5) is 38.3 Å². The third kappa shape index (κ3) is 6.20. The van der Waals surface area contributed by atoms with E-state index in [4.69, 9.17) is 0 Å². The molecule has 2 aromatic rings. The fourth-order valence-corrected chi connectivity index (χ4v) is 4.85. The van der Waals surface area contributed by atoms with Gasteiger partial charge in [0.2, 0.25) is 15.9 Å². The van der Waals surface area contributed by atoms with Gasteiger partial charge in [-0.3, -0.25) is 10.1 Å². The van der Waals surface area contributed by atoms with Crippen LogP contribution in [0, 0.1) is 11.6 Å². The van der Waals surface area contributed by atoms with Crippen molar-refractivity contribution in [2.24, 2.45) is 0 Å². The molecule has 38 heavy (non-hydrogen) atoms. The first kappa shape index (κ1) is 27.7. The van der Waals surface area contributed by atoms with E-state index in [9.17, 15) is 35.6 Å². The number of rotatable bonds is 7. The smallest absolute Gasteiger partial charge is 0.326 e. The van der Waals surface area contributed by atoms with Gasteiger partial charge in [-0.1, -0.05) is 6.07 Å². The predicted octanol–water partition coefficient (Wildman–Crippen LogP) is 3.28. The van der Waals surface area contributed by atoms with Crippen molar-refractivity contribution in [3.05, 3.63) is 53.2 Å². The highest BCUT2D eigenvalue weighted by Crippen LogP contribution is 2.49. The van der Waals surface area contributed by atoms with Crippen molar-refractivity contribution in [2.75, 3.05) is 29.6 Å². The SMILES string of the molecule is CS(=O)(=O)NCC1(c2ccc(N3CCC[C@@H](NC(=O)Nc4ncc(C(F)(F)F)cc4F)C3=O)cc2F)CC1. The van der Waals surface area contributed by atoms with Gasteiger partial charge in [0.15, 0.2) is 11.6 Å². The fourth-order valence-electron chi connectivity index (χ4n) is 4.32. The average Bonchev–Trinajstić information content (AvgIpc) is 3.60. The normalized spacial score (nSPS) is 19.3. The summed E-state index contributed by atoms with van der Waals surface area (Å²) < 4.78 is 92.4. The van der Waals surface area contributed by atoms with Gasteiger partial charge < -0.3 is 10.2 Å². The Labute approximate surface area is 214 Å². The van der Waals surface area contributed by atoms with Crippen LogP contribution in [-0.4, -0.2) is 50.7 Å². The zero-order valence-corrected chi connectivity index (χ0v) is 20.8. The number of pyridine rings is 1. The van der Waals surface area contributed by atoms with Gasteiger partial charge in [-0.25, -0.2) is 31.7 Å². The van der Waals surface area contributed by atoms with Crippen molar-refractivity contribution < 1.29 is 40.0 Å². The van der Waals surface area contributed by atoms with Crippen molar-refractivity contribution in [3.63, 3.8) is 0 Å². The number of sulfonamides is 1. The molecule has 0 bridgehead atoms. The number of hydrogen-bond donors (Lipinski definition) is 3. The van der Waals surface area contributed by atoms with E-state index in [0.717, 1.165) is 6.26 Å². The van der Waals surface area contributed by atoms with E-state index >= 15 is 4.39 Å². The van der Waals surface area contributed by atoms with Crippen molar-refractivity contribution in [2.45, 2.75) is 43.3 Å². The van der Waals surface area contributed by atoms with Crippen molar-refractivity contribution in [1.82, 2.24) is 15.0 Å². The second kappa shape index (κ2) is 10.1. The average molecular weight is 562 g/mol. The maximum Gasteiger partial charge on any atom is 0.417 e. The lowest BCUT2D eigenvalue weighted by atomic mass is 9.94. The van der Waals surface area contributed by atoms with E-state index in [1.54, 1.807) is 6.07 Å². The highest BCUT2D eigenvalue weighted by atomic mass is 32.2. The number of halogens is 5. The number of carbonyl (C=O) groups excluding carboxylic acids is 2. The molecule has 15 heteroatoms. The quantitative estimate of drug-likeness (QED) is 0.449. The summed E-state index contributed by atoms with van der Waals surface area (Å²) in [7, 11) is -3.45. The maximum absolute atomic E-state index is 15.1. The van der Waals surface area contributed by atoms with Crippen molar-refractivity contribution in [3.8, 4) is 0 Å². The molecular weight excluding hydrogens is 537 g/mol. The molecule has 3 amide bonds. The number of benzene rings is 1. The number of amides is 3. The van der Waals surface area contributed by atoms with E-state index in [1.165, 1.54) is 17.0 Å². The van der Waals surface area contributed by atoms with Crippen LogP contribution in [0.5, 0.6) is 0 Å². The zero-order valence-electron chi connectivity index (χ0n) is 20.0. The van der Waals surface area contributed by atoms with Gasteiger partial charge in [0.1, 0.15) is 11.9 Å². The van der Waals surface area contributed by atoms with Crippen LogP contribution < -0.4 is 20.3 Å². The molecule has 1 atom stereocenters. The molecule has 1 saturated heterocycles. The van der Waals surface area contributed by atoms with Gasteiger partial charge in [-0.2, -0.15) is 13.2 Å². The third-order valence-electron chi connectivity index (χ3n) is 6.51. The molecule has 3 N–H and O–H groups in total. The second-order valence-corrected chi connectivity index (χ2v) is 11.2. The zero-order chi connectivity index (χ0) is 27.9. The summed E-state index contributed by atoms with van der Waals surface area (Å²) >= 11 is 0. The maximum atomic E-state index is 15.1. The number of carbonyl (C=O) groups is 2. The molecule has 206 valence electrons. The lowest BCUT2D eigenvalue weighted by Crippen LogP contribution is -2.53. The molecule has 4 rings (SSSR count). The van der Waals surface area contributed by atoms with Crippen LogP contribution in [0.15, 0.2) is 30.5 Å². The first-order valence-electron chi connectivity index (χ1n) is 11.5. The predicted molar refractivity (Wildman–Crippen MR) is 127 cm³/mol. The minimum absolute atomic E-state index is 0.0558. The van der Waals surface area contributed by atoms with Crippen molar-refractivity contribution >= 4 is 33.5 Å². The molecule has 0 unspecified atom stereocenters. The molecule has 0 spiro atoms. The van der Waals surface area contributed by atoms with E-state index in [1.807, 2.05) is 5.32 Å². The molecule has 1 aromatic heterocycles. The fraction of sp³-hybridized carbons (Fsp3) is 0.435. The third-order valence-corrected chi connectivity index (χ3v) is 7.18. The Hall–Kier alpha value is -3.33. The molecule has 1 saturated carbocycles. The highest BCUT2D eigenvalue weighted by Gasteiger charge is 2.46. The minimum Gasteiger partial charge on any atom is -0.326 e. The van der Waals surface area contributed by atoms with Crippen LogP contribution in [0.3, 0.4) is 0 Å². The summed E-state index contributed by atoms with van der Waals surface area (Å²) in [5, 5.41) is 4.34. The monoisotopic (exact) mass is 561 g/mol. The Kier molecular flexibility index (Phi) is 7.36.